The SMILES string of the molecule is Cc1ccnc(-c2ccc3c(c2)c2cc(CC4CCCC4)cc4c5cc6c(cc5n3c24)oc2ccccc26)c1. The van der Waals surface area contributed by atoms with Gasteiger partial charge in [0.15, 0.2) is 0 Å². The van der Waals surface area contributed by atoms with Gasteiger partial charge in [-0.1, -0.05) is 49.9 Å². The molecule has 4 aromatic heterocycles. The Morgan fingerprint density at radius 1 is 0.744 bits per heavy atom. The summed E-state index contributed by atoms with van der Waals surface area (Å²) < 4.78 is 8.81. The first-order valence-electron chi connectivity index (χ1n) is 14.2. The van der Waals surface area contributed by atoms with Crippen LogP contribution in [0, 0.1) is 12.8 Å². The molecule has 1 aliphatic rings. The number of hydrogen-bond acceptors (Lipinski definition) is 2. The lowest BCUT2D eigenvalue weighted by molar-refractivity contribution is 0.547. The second-order valence-electron chi connectivity index (χ2n) is 11.6. The van der Waals surface area contributed by atoms with Gasteiger partial charge in [-0.2, -0.15) is 0 Å². The van der Waals surface area contributed by atoms with Crippen molar-refractivity contribution in [3.05, 3.63) is 96.2 Å². The van der Waals surface area contributed by atoms with Crippen LogP contribution in [0.25, 0.3) is 71.3 Å². The molecule has 3 heteroatoms. The second kappa shape index (κ2) is 7.83. The standard InChI is InChI=1S/C36H28N2O/c1-21-12-13-37-31(14-21)24-10-11-32-26(18-24)29-16-23(15-22-6-2-3-7-22)17-30-27-19-28-25-8-4-5-9-34(25)39-35(28)20-33(27)38(32)36(29)30/h4-5,8-14,16-20,22H,2-3,6-7,15H2,1H3. The van der Waals surface area contributed by atoms with Crippen LogP contribution in [-0.4, -0.2) is 9.38 Å². The van der Waals surface area contributed by atoms with Crippen LogP contribution in [0.1, 0.15) is 36.8 Å². The van der Waals surface area contributed by atoms with Gasteiger partial charge in [0.2, 0.25) is 0 Å². The van der Waals surface area contributed by atoms with Gasteiger partial charge in [0.25, 0.3) is 0 Å². The fourth-order valence-corrected chi connectivity index (χ4v) is 7.34. The van der Waals surface area contributed by atoms with E-state index >= 15 is 0 Å². The van der Waals surface area contributed by atoms with E-state index in [-0.39, 0.29) is 0 Å². The highest BCUT2D eigenvalue weighted by molar-refractivity contribution is 6.26. The van der Waals surface area contributed by atoms with Gasteiger partial charge in [-0.05, 0) is 78.9 Å². The smallest absolute Gasteiger partial charge is 0.137 e. The molecule has 4 aromatic carbocycles. The highest BCUT2D eigenvalue weighted by Crippen LogP contribution is 2.44. The molecule has 1 aliphatic carbocycles. The van der Waals surface area contributed by atoms with E-state index in [0.717, 1.165) is 22.8 Å². The summed E-state index contributed by atoms with van der Waals surface area (Å²) in [5, 5.41) is 7.70. The van der Waals surface area contributed by atoms with Crippen molar-refractivity contribution < 1.29 is 4.42 Å². The summed E-state index contributed by atoms with van der Waals surface area (Å²) in [6, 6.07) is 29.1. The second-order valence-corrected chi connectivity index (χ2v) is 11.6. The molecule has 9 rings (SSSR count). The number of nitrogens with zero attached hydrogens (tertiary/aromatic N) is 2. The lowest BCUT2D eigenvalue weighted by Gasteiger charge is -2.10. The van der Waals surface area contributed by atoms with Crippen LogP contribution < -0.4 is 0 Å². The molecule has 0 radical (unpaired) electrons. The predicted octanol–water partition coefficient (Wildman–Crippen LogP) is 9.84. The highest BCUT2D eigenvalue weighted by Gasteiger charge is 2.22. The van der Waals surface area contributed by atoms with Gasteiger partial charge >= 0.3 is 0 Å². The van der Waals surface area contributed by atoms with Gasteiger partial charge in [-0.25, -0.2) is 0 Å². The maximum atomic E-state index is 6.34. The van der Waals surface area contributed by atoms with E-state index in [9.17, 15) is 0 Å². The van der Waals surface area contributed by atoms with E-state index in [1.54, 1.807) is 0 Å². The van der Waals surface area contributed by atoms with Crippen molar-refractivity contribution in [2.45, 2.75) is 39.0 Å². The monoisotopic (exact) mass is 504 g/mol. The molecular formula is C36H28N2O. The average molecular weight is 505 g/mol. The summed E-state index contributed by atoms with van der Waals surface area (Å²) in [7, 11) is 0. The highest BCUT2D eigenvalue weighted by atomic mass is 16.3. The molecule has 0 aliphatic heterocycles. The predicted molar refractivity (Wildman–Crippen MR) is 162 cm³/mol. The number of benzene rings is 4. The summed E-state index contributed by atoms with van der Waals surface area (Å²) in [6.07, 6.45) is 8.54. The van der Waals surface area contributed by atoms with Gasteiger partial charge < -0.3 is 8.82 Å². The summed E-state index contributed by atoms with van der Waals surface area (Å²) in [6.45, 7) is 2.13. The van der Waals surface area contributed by atoms with Gasteiger partial charge in [0, 0.05) is 50.1 Å². The molecule has 0 unspecified atom stereocenters. The molecule has 0 spiro atoms. The average Bonchev–Trinajstić information content (AvgIpc) is 3.73. The van der Waals surface area contributed by atoms with E-state index < -0.39 is 0 Å². The van der Waals surface area contributed by atoms with Crippen LogP contribution in [0.3, 0.4) is 0 Å². The maximum Gasteiger partial charge on any atom is 0.137 e. The summed E-state index contributed by atoms with van der Waals surface area (Å²) >= 11 is 0. The Labute approximate surface area is 226 Å². The Morgan fingerprint density at radius 2 is 1.56 bits per heavy atom. The first-order valence-corrected chi connectivity index (χ1v) is 14.2. The van der Waals surface area contributed by atoms with Crippen LogP contribution in [-0.2, 0) is 6.42 Å². The number of rotatable bonds is 3. The molecule has 0 atom stereocenters. The van der Waals surface area contributed by atoms with Crippen LogP contribution in [0.4, 0.5) is 0 Å². The van der Waals surface area contributed by atoms with E-state index in [4.69, 9.17) is 9.40 Å². The number of fused-ring (bicyclic) bond motifs is 9. The van der Waals surface area contributed by atoms with Crippen molar-refractivity contribution in [2.75, 3.05) is 0 Å². The third-order valence-electron chi connectivity index (χ3n) is 9.16. The van der Waals surface area contributed by atoms with Crippen LogP contribution >= 0.6 is 0 Å². The minimum absolute atomic E-state index is 0.802. The largest absolute Gasteiger partial charge is 0.456 e. The fourth-order valence-electron chi connectivity index (χ4n) is 7.34. The van der Waals surface area contributed by atoms with Crippen LogP contribution in [0.15, 0.2) is 89.5 Å². The number of aromatic nitrogens is 2. The van der Waals surface area contributed by atoms with Crippen LogP contribution in [0.2, 0.25) is 0 Å². The molecular weight excluding hydrogens is 476 g/mol. The molecule has 8 aromatic rings. The van der Waals surface area contributed by atoms with Gasteiger partial charge in [-0.15, -0.1) is 0 Å². The molecule has 3 nitrogen and oxygen atoms in total. The Balaban J connectivity index is 1.39. The van der Waals surface area contributed by atoms with Crippen molar-refractivity contribution in [1.82, 2.24) is 9.38 Å². The Morgan fingerprint density at radius 3 is 2.41 bits per heavy atom. The van der Waals surface area contributed by atoms with Crippen molar-refractivity contribution in [1.29, 1.82) is 0 Å². The topological polar surface area (TPSA) is 30.4 Å². The minimum Gasteiger partial charge on any atom is -0.456 e. The lowest BCUT2D eigenvalue weighted by atomic mass is 9.94. The molecule has 4 heterocycles. The number of hydrogen-bond donors (Lipinski definition) is 0. The first kappa shape index (κ1) is 21.6. The van der Waals surface area contributed by atoms with E-state index in [1.165, 1.54) is 97.7 Å². The van der Waals surface area contributed by atoms with Gasteiger partial charge in [-0.3, -0.25) is 4.98 Å². The summed E-state index contributed by atoms with van der Waals surface area (Å²) in [5.74, 6) is 0.802. The minimum atomic E-state index is 0.802. The Kier molecular flexibility index (Phi) is 4.33. The molecule has 0 amide bonds. The zero-order chi connectivity index (χ0) is 25.7. The van der Waals surface area contributed by atoms with Gasteiger partial charge in [0.05, 0.1) is 22.2 Å². The molecule has 188 valence electrons. The number of para-hydroxylation sites is 1. The Hall–Kier alpha value is -4.37. The molecule has 0 bridgehead atoms. The third-order valence-corrected chi connectivity index (χ3v) is 9.16. The quantitative estimate of drug-likeness (QED) is 0.240. The van der Waals surface area contributed by atoms with E-state index in [0.29, 0.717) is 0 Å². The lowest BCUT2D eigenvalue weighted by Crippen LogP contribution is -1.98. The van der Waals surface area contributed by atoms with Gasteiger partial charge in [0.1, 0.15) is 11.2 Å². The number of furan rings is 1. The molecule has 0 N–H and O–H groups in total. The van der Waals surface area contributed by atoms with Crippen molar-refractivity contribution in [3.8, 4) is 11.3 Å². The maximum absolute atomic E-state index is 6.34. The Bertz CT molecular complexity index is 2230. The van der Waals surface area contributed by atoms with Crippen molar-refractivity contribution in [3.63, 3.8) is 0 Å². The third kappa shape index (κ3) is 3.07. The normalized spacial score (nSPS) is 14.9. The van der Waals surface area contributed by atoms with Crippen molar-refractivity contribution in [2.24, 2.45) is 5.92 Å². The van der Waals surface area contributed by atoms with E-state index in [2.05, 4.69) is 84.1 Å². The van der Waals surface area contributed by atoms with E-state index in [1.807, 2.05) is 12.3 Å². The molecule has 1 fully saturated rings. The van der Waals surface area contributed by atoms with Crippen LogP contribution in [0.5, 0.6) is 0 Å². The molecule has 39 heavy (non-hydrogen) atoms. The fraction of sp³-hybridized carbons (Fsp3) is 0.194. The first-order chi connectivity index (χ1) is 19.2. The summed E-state index contributed by atoms with van der Waals surface area (Å²) in [5.41, 5.74) is 10.6. The number of pyridine rings is 1. The van der Waals surface area contributed by atoms with Crippen molar-refractivity contribution >= 4 is 60.0 Å². The summed E-state index contributed by atoms with van der Waals surface area (Å²) in [4.78, 5) is 4.69. The zero-order valence-corrected chi connectivity index (χ0v) is 22.0. The molecule has 1 saturated carbocycles. The number of aryl methyl sites for hydroxylation is 1. The molecule has 0 saturated heterocycles. The zero-order valence-electron chi connectivity index (χ0n) is 22.0.